The number of nitrogens with zero attached hydrogens (tertiary/aromatic N) is 1. The molecule has 0 saturated heterocycles. The van der Waals surface area contributed by atoms with E-state index in [4.69, 9.17) is 21.6 Å². The third kappa shape index (κ3) is 3.87. The van der Waals surface area contributed by atoms with Gasteiger partial charge >= 0.3 is 0 Å². The van der Waals surface area contributed by atoms with Crippen molar-refractivity contribution < 1.29 is 9.53 Å². The SMILES string of the molecule is N#Cc1ccc(OCC(=O)NC2CCCC2)cc1Cl. The molecule has 0 unspecified atom stereocenters. The number of carbonyl (C=O) groups excluding carboxylic acids is 1. The van der Waals surface area contributed by atoms with E-state index in [2.05, 4.69) is 5.32 Å². The van der Waals surface area contributed by atoms with Crippen LogP contribution in [0.3, 0.4) is 0 Å². The Morgan fingerprint density at radius 2 is 2.21 bits per heavy atom. The zero-order chi connectivity index (χ0) is 13.7. The Balaban J connectivity index is 1.83. The van der Waals surface area contributed by atoms with Crippen LogP contribution in [0, 0.1) is 11.3 Å². The largest absolute Gasteiger partial charge is 0.484 e. The molecule has 1 fully saturated rings. The minimum atomic E-state index is -0.118. The number of rotatable bonds is 4. The average Bonchev–Trinajstić information content (AvgIpc) is 2.89. The monoisotopic (exact) mass is 278 g/mol. The number of ether oxygens (including phenoxy) is 1. The van der Waals surface area contributed by atoms with E-state index < -0.39 is 0 Å². The first-order valence-electron chi connectivity index (χ1n) is 6.31. The van der Waals surface area contributed by atoms with Crippen LogP contribution in [0.15, 0.2) is 18.2 Å². The summed E-state index contributed by atoms with van der Waals surface area (Å²) in [6, 6.07) is 7.01. The first-order chi connectivity index (χ1) is 9.19. The first kappa shape index (κ1) is 13.7. The van der Waals surface area contributed by atoms with E-state index in [0.29, 0.717) is 22.4 Å². The number of nitrogens with one attached hydrogen (secondary N) is 1. The maximum absolute atomic E-state index is 11.7. The number of halogens is 1. The van der Waals surface area contributed by atoms with E-state index in [9.17, 15) is 4.79 Å². The van der Waals surface area contributed by atoms with Crippen LogP contribution in [-0.4, -0.2) is 18.6 Å². The molecule has 0 radical (unpaired) electrons. The molecule has 0 bridgehead atoms. The molecule has 0 spiro atoms. The third-order valence-corrected chi connectivity index (χ3v) is 3.46. The topological polar surface area (TPSA) is 62.1 Å². The van der Waals surface area contributed by atoms with Crippen molar-refractivity contribution in [2.45, 2.75) is 31.7 Å². The van der Waals surface area contributed by atoms with Crippen molar-refractivity contribution in [1.82, 2.24) is 5.32 Å². The second-order valence-corrected chi connectivity index (χ2v) is 5.00. The van der Waals surface area contributed by atoms with E-state index in [1.807, 2.05) is 6.07 Å². The molecule has 0 atom stereocenters. The zero-order valence-corrected chi connectivity index (χ0v) is 11.2. The second kappa shape index (κ2) is 6.44. The Morgan fingerprint density at radius 1 is 1.47 bits per heavy atom. The molecule has 4 nitrogen and oxygen atoms in total. The quantitative estimate of drug-likeness (QED) is 0.921. The maximum Gasteiger partial charge on any atom is 0.258 e. The second-order valence-electron chi connectivity index (χ2n) is 4.59. The van der Waals surface area contributed by atoms with Crippen LogP contribution in [0.4, 0.5) is 0 Å². The Morgan fingerprint density at radius 3 is 2.84 bits per heavy atom. The molecule has 1 amide bonds. The lowest BCUT2D eigenvalue weighted by atomic mass is 10.2. The molecule has 19 heavy (non-hydrogen) atoms. The predicted molar refractivity (Wildman–Crippen MR) is 72.1 cm³/mol. The molecule has 1 aliphatic rings. The van der Waals surface area contributed by atoms with Crippen molar-refractivity contribution in [3.05, 3.63) is 28.8 Å². The summed E-state index contributed by atoms with van der Waals surface area (Å²) in [6.07, 6.45) is 4.46. The van der Waals surface area contributed by atoms with Gasteiger partial charge in [0.25, 0.3) is 5.91 Å². The van der Waals surface area contributed by atoms with Gasteiger partial charge in [0.1, 0.15) is 11.8 Å². The number of benzene rings is 1. The van der Waals surface area contributed by atoms with Crippen LogP contribution in [0.1, 0.15) is 31.2 Å². The summed E-state index contributed by atoms with van der Waals surface area (Å²) >= 11 is 5.88. The van der Waals surface area contributed by atoms with Crippen molar-refractivity contribution in [2.75, 3.05) is 6.61 Å². The van der Waals surface area contributed by atoms with Gasteiger partial charge in [-0.3, -0.25) is 4.79 Å². The van der Waals surface area contributed by atoms with Gasteiger partial charge in [0.15, 0.2) is 6.61 Å². The lowest BCUT2D eigenvalue weighted by Crippen LogP contribution is -2.36. The van der Waals surface area contributed by atoms with Gasteiger partial charge < -0.3 is 10.1 Å². The third-order valence-electron chi connectivity index (χ3n) is 3.15. The van der Waals surface area contributed by atoms with Crippen molar-refractivity contribution in [1.29, 1.82) is 5.26 Å². The standard InChI is InChI=1S/C14H15ClN2O2/c15-13-7-12(6-5-10(13)8-16)19-9-14(18)17-11-3-1-2-4-11/h5-7,11H,1-4,9H2,(H,17,18). The van der Waals surface area contributed by atoms with Gasteiger partial charge in [0.2, 0.25) is 0 Å². The fourth-order valence-corrected chi connectivity index (χ4v) is 2.38. The average molecular weight is 279 g/mol. The van der Waals surface area contributed by atoms with Gasteiger partial charge in [0, 0.05) is 12.1 Å². The molecule has 0 aromatic heterocycles. The first-order valence-corrected chi connectivity index (χ1v) is 6.68. The van der Waals surface area contributed by atoms with Crippen molar-refractivity contribution in [2.24, 2.45) is 0 Å². The molecular formula is C14H15ClN2O2. The van der Waals surface area contributed by atoms with Crippen molar-refractivity contribution in [3.63, 3.8) is 0 Å². The van der Waals surface area contributed by atoms with Crippen LogP contribution >= 0.6 is 11.6 Å². The Bertz CT molecular complexity index is 505. The summed E-state index contributed by atoms with van der Waals surface area (Å²) < 4.78 is 5.35. The molecule has 0 heterocycles. The molecule has 5 heteroatoms. The Hall–Kier alpha value is -1.73. The fraction of sp³-hybridized carbons (Fsp3) is 0.429. The lowest BCUT2D eigenvalue weighted by Gasteiger charge is -2.12. The fourth-order valence-electron chi connectivity index (χ4n) is 2.16. The highest BCUT2D eigenvalue weighted by Gasteiger charge is 2.17. The van der Waals surface area contributed by atoms with Crippen LogP contribution < -0.4 is 10.1 Å². The van der Waals surface area contributed by atoms with Gasteiger partial charge in [-0.25, -0.2) is 0 Å². The molecule has 1 saturated carbocycles. The van der Waals surface area contributed by atoms with E-state index in [-0.39, 0.29) is 12.5 Å². The summed E-state index contributed by atoms with van der Waals surface area (Å²) in [4.78, 5) is 11.7. The van der Waals surface area contributed by atoms with Crippen LogP contribution in [0.25, 0.3) is 0 Å². The van der Waals surface area contributed by atoms with E-state index >= 15 is 0 Å². The van der Waals surface area contributed by atoms with E-state index in [1.165, 1.54) is 12.8 Å². The summed E-state index contributed by atoms with van der Waals surface area (Å²) in [6.45, 7) is -0.0290. The number of amides is 1. The predicted octanol–water partition coefficient (Wildman–Crippen LogP) is 2.65. The molecule has 1 aromatic rings. The Kier molecular flexibility index (Phi) is 4.64. The maximum atomic E-state index is 11.7. The summed E-state index contributed by atoms with van der Waals surface area (Å²) in [5.41, 5.74) is 0.393. The minimum Gasteiger partial charge on any atom is -0.484 e. The smallest absolute Gasteiger partial charge is 0.258 e. The van der Waals surface area contributed by atoms with Gasteiger partial charge in [0.05, 0.1) is 10.6 Å². The van der Waals surface area contributed by atoms with Gasteiger partial charge in [-0.15, -0.1) is 0 Å². The van der Waals surface area contributed by atoms with Crippen molar-refractivity contribution >= 4 is 17.5 Å². The Labute approximate surface area is 117 Å². The van der Waals surface area contributed by atoms with E-state index in [1.54, 1.807) is 18.2 Å². The molecule has 2 rings (SSSR count). The number of carbonyl (C=O) groups is 1. The number of nitriles is 1. The van der Waals surface area contributed by atoms with E-state index in [0.717, 1.165) is 12.8 Å². The highest BCUT2D eigenvalue weighted by molar-refractivity contribution is 6.31. The molecule has 100 valence electrons. The van der Waals surface area contributed by atoms with Crippen molar-refractivity contribution in [3.8, 4) is 11.8 Å². The molecule has 1 N–H and O–H groups in total. The highest BCUT2D eigenvalue weighted by atomic mass is 35.5. The van der Waals surface area contributed by atoms with Gasteiger partial charge in [-0.2, -0.15) is 5.26 Å². The van der Waals surface area contributed by atoms with Crippen LogP contribution in [-0.2, 0) is 4.79 Å². The van der Waals surface area contributed by atoms with Gasteiger partial charge in [-0.05, 0) is 25.0 Å². The number of hydrogen-bond donors (Lipinski definition) is 1. The van der Waals surface area contributed by atoms with Gasteiger partial charge in [-0.1, -0.05) is 24.4 Å². The molecule has 1 aliphatic carbocycles. The van der Waals surface area contributed by atoms with Crippen LogP contribution in [0.5, 0.6) is 5.75 Å². The summed E-state index contributed by atoms with van der Waals surface area (Å²) in [5.74, 6) is 0.373. The lowest BCUT2D eigenvalue weighted by molar-refractivity contribution is -0.123. The molecule has 0 aliphatic heterocycles. The normalized spacial score (nSPS) is 14.9. The number of hydrogen-bond acceptors (Lipinski definition) is 3. The summed E-state index contributed by atoms with van der Waals surface area (Å²) in [5, 5.41) is 12.0. The highest BCUT2D eigenvalue weighted by Crippen LogP contribution is 2.22. The minimum absolute atomic E-state index is 0.0290. The molecule has 1 aromatic carbocycles. The van der Waals surface area contributed by atoms with Crippen LogP contribution in [0.2, 0.25) is 5.02 Å². The molecular weight excluding hydrogens is 264 g/mol. The summed E-state index contributed by atoms with van der Waals surface area (Å²) in [7, 11) is 0. The zero-order valence-electron chi connectivity index (χ0n) is 10.5.